The zero-order valence-corrected chi connectivity index (χ0v) is 14.7. The molecule has 0 aromatic heterocycles. The van der Waals surface area contributed by atoms with Gasteiger partial charge in [-0.3, -0.25) is 9.59 Å². The molecule has 4 nitrogen and oxygen atoms in total. The van der Waals surface area contributed by atoms with Crippen molar-refractivity contribution in [3.8, 4) is 0 Å². The molecule has 1 unspecified atom stereocenters. The number of carboxylic acid groups (broad SMARTS) is 1. The van der Waals surface area contributed by atoms with Crippen LogP contribution in [-0.4, -0.2) is 34.5 Å². The summed E-state index contributed by atoms with van der Waals surface area (Å²) in [6.45, 7) is 0.700. The summed E-state index contributed by atoms with van der Waals surface area (Å²) in [5, 5.41) is 8.84. The van der Waals surface area contributed by atoms with Gasteiger partial charge < -0.3 is 10.0 Å². The van der Waals surface area contributed by atoms with Crippen molar-refractivity contribution in [3.05, 3.63) is 32.7 Å². The van der Waals surface area contributed by atoms with Crippen LogP contribution >= 0.6 is 31.9 Å². The normalized spacial score (nSPS) is 18.6. The topological polar surface area (TPSA) is 57.6 Å². The number of carboxylic acids is 1. The second kappa shape index (κ2) is 7.40. The van der Waals surface area contributed by atoms with E-state index in [1.807, 2.05) is 17.0 Å². The van der Waals surface area contributed by atoms with Crippen LogP contribution in [-0.2, 0) is 4.79 Å². The molecular weight excluding hydrogens is 402 g/mol. The highest BCUT2D eigenvalue weighted by Crippen LogP contribution is 2.27. The number of amides is 1. The van der Waals surface area contributed by atoms with Gasteiger partial charge in [0.25, 0.3) is 5.91 Å². The Morgan fingerprint density at radius 3 is 2.71 bits per heavy atom. The molecule has 0 spiro atoms. The van der Waals surface area contributed by atoms with Crippen LogP contribution < -0.4 is 0 Å². The molecule has 0 bridgehead atoms. The van der Waals surface area contributed by atoms with Gasteiger partial charge >= 0.3 is 5.97 Å². The third-order valence-electron chi connectivity index (χ3n) is 3.74. The Hall–Kier alpha value is -0.880. The number of piperidine rings is 1. The predicted octanol–water partition coefficient (Wildman–Crippen LogP) is 4.07. The highest BCUT2D eigenvalue weighted by molar-refractivity contribution is 9.11. The third kappa shape index (κ3) is 4.30. The molecule has 1 aliphatic heterocycles. The van der Waals surface area contributed by atoms with Crippen molar-refractivity contribution in [2.45, 2.75) is 38.1 Å². The molecule has 1 saturated heterocycles. The first-order valence-corrected chi connectivity index (χ1v) is 8.55. The third-order valence-corrected chi connectivity index (χ3v) is 4.89. The summed E-state index contributed by atoms with van der Waals surface area (Å²) in [5.74, 6) is -0.831. The minimum Gasteiger partial charge on any atom is -0.481 e. The van der Waals surface area contributed by atoms with E-state index in [9.17, 15) is 9.59 Å². The van der Waals surface area contributed by atoms with Gasteiger partial charge in [-0.15, -0.1) is 0 Å². The fourth-order valence-corrected chi connectivity index (χ4v) is 3.89. The van der Waals surface area contributed by atoms with Crippen molar-refractivity contribution < 1.29 is 14.7 Å². The first kappa shape index (κ1) is 16.5. The maximum Gasteiger partial charge on any atom is 0.303 e. The minimum atomic E-state index is -0.808. The van der Waals surface area contributed by atoms with E-state index in [0.717, 1.165) is 28.2 Å². The standard InChI is InChI=1S/C15H17Br2NO3/c16-10-4-6-12(13(17)9-10)15(21)18-8-2-1-3-11(18)5-7-14(19)20/h4,6,9,11H,1-3,5,7-8H2,(H,19,20). The fraction of sp³-hybridized carbons (Fsp3) is 0.467. The van der Waals surface area contributed by atoms with E-state index >= 15 is 0 Å². The molecule has 1 atom stereocenters. The maximum atomic E-state index is 12.7. The van der Waals surface area contributed by atoms with Crippen LogP contribution in [0, 0.1) is 0 Å². The van der Waals surface area contributed by atoms with Gasteiger partial charge in [-0.25, -0.2) is 0 Å². The number of carbonyl (C=O) groups excluding carboxylic acids is 1. The van der Waals surface area contributed by atoms with Crippen LogP contribution in [0.2, 0.25) is 0 Å². The Morgan fingerprint density at radius 1 is 1.29 bits per heavy atom. The zero-order valence-electron chi connectivity index (χ0n) is 11.5. The average molecular weight is 419 g/mol. The highest BCUT2D eigenvalue weighted by atomic mass is 79.9. The largest absolute Gasteiger partial charge is 0.481 e. The predicted molar refractivity (Wildman–Crippen MR) is 87.4 cm³/mol. The Morgan fingerprint density at radius 2 is 2.05 bits per heavy atom. The van der Waals surface area contributed by atoms with Gasteiger partial charge in [-0.2, -0.15) is 0 Å². The maximum absolute atomic E-state index is 12.7. The van der Waals surface area contributed by atoms with E-state index in [2.05, 4.69) is 31.9 Å². The molecule has 1 aromatic rings. The van der Waals surface area contributed by atoms with Crippen molar-refractivity contribution >= 4 is 43.7 Å². The lowest BCUT2D eigenvalue weighted by atomic mass is 9.97. The average Bonchev–Trinajstić information content (AvgIpc) is 2.45. The quantitative estimate of drug-likeness (QED) is 0.801. The van der Waals surface area contributed by atoms with Gasteiger partial charge in [0.2, 0.25) is 0 Å². The summed E-state index contributed by atoms with van der Waals surface area (Å²) in [7, 11) is 0. The number of hydrogen-bond acceptors (Lipinski definition) is 2. The molecule has 1 amide bonds. The number of rotatable bonds is 4. The molecule has 114 valence electrons. The van der Waals surface area contributed by atoms with Crippen molar-refractivity contribution in [2.75, 3.05) is 6.54 Å². The van der Waals surface area contributed by atoms with Crippen LogP contribution in [0.5, 0.6) is 0 Å². The van der Waals surface area contributed by atoms with Gasteiger partial charge in [-0.05, 0) is 59.8 Å². The fourth-order valence-electron chi connectivity index (χ4n) is 2.68. The molecule has 0 aliphatic carbocycles. The summed E-state index contributed by atoms with van der Waals surface area (Å²) < 4.78 is 1.66. The first-order chi connectivity index (χ1) is 9.99. The van der Waals surface area contributed by atoms with E-state index < -0.39 is 5.97 Å². The molecule has 1 N–H and O–H groups in total. The Bertz CT molecular complexity index is 548. The van der Waals surface area contributed by atoms with Crippen LogP contribution in [0.1, 0.15) is 42.5 Å². The second-order valence-electron chi connectivity index (χ2n) is 5.20. The monoisotopic (exact) mass is 417 g/mol. The SMILES string of the molecule is O=C(O)CCC1CCCCN1C(=O)c1ccc(Br)cc1Br. The van der Waals surface area contributed by atoms with E-state index in [1.54, 1.807) is 6.07 Å². The number of likely N-dealkylation sites (tertiary alicyclic amines) is 1. The molecular formula is C15H17Br2NO3. The molecule has 1 fully saturated rings. The van der Waals surface area contributed by atoms with Crippen LogP contribution in [0.15, 0.2) is 27.1 Å². The van der Waals surface area contributed by atoms with E-state index in [4.69, 9.17) is 5.11 Å². The molecule has 2 rings (SSSR count). The van der Waals surface area contributed by atoms with Crippen molar-refractivity contribution in [1.29, 1.82) is 0 Å². The second-order valence-corrected chi connectivity index (χ2v) is 6.97. The molecule has 1 aromatic carbocycles. The first-order valence-electron chi connectivity index (χ1n) is 6.97. The van der Waals surface area contributed by atoms with Gasteiger partial charge in [0.15, 0.2) is 0 Å². The summed E-state index contributed by atoms with van der Waals surface area (Å²) in [6, 6.07) is 5.51. The van der Waals surface area contributed by atoms with Crippen LogP contribution in [0.4, 0.5) is 0 Å². The van der Waals surface area contributed by atoms with E-state index in [1.165, 1.54) is 0 Å². The molecule has 0 radical (unpaired) electrons. The number of hydrogen-bond donors (Lipinski definition) is 1. The minimum absolute atomic E-state index is 0.0236. The van der Waals surface area contributed by atoms with Crippen LogP contribution in [0.3, 0.4) is 0 Å². The molecule has 6 heteroatoms. The summed E-state index contributed by atoms with van der Waals surface area (Å²) in [6.07, 6.45) is 3.54. The molecule has 21 heavy (non-hydrogen) atoms. The molecule has 1 heterocycles. The van der Waals surface area contributed by atoms with Crippen LogP contribution in [0.25, 0.3) is 0 Å². The van der Waals surface area contributed by atoms with Crippen molar-refractivity contribution in [3.63, 3.8) is 0 Å². The number of aliphatic carboxylic acids is 1. The lowest BCUT2D eigenvalue weighted by molar-refractivity contribution is -0.137. The Labute approximate surface area is 140 Å². The smallest absolute Gasteiger partial charge is 0.303 e. The Balaban J connectivity index is 2.16. The van der Waals surface area contributed by atoms with Gasteiger partial charge in [-0.1, -0.05) is 15.9 Å². The van der Waals surface area contributed by atoms with Gasteiger partial charge in [0, 0.05) is 28.0 Å². The van der Waals surface area contributed by atoms with Crippen molar-refractivity contribution in [2.24, 2.45) is 0 Å². The lowest BCUT2D eigenvalue weighted by Gasteiger charge is -2.36. The highest BCUT2D eigenvalue weighted by Gasteiger charge is 2.28. The summed E-state index contributed by atoms with van der Waals surface area (Å²) in [5.41, 5.74) is 0.625. The van der Waals surface area contributed by atoms with E-state index in [0.29, 0.717) is 18.5 Å². The number of nitrogens with zero attached hydrogens (tertiary/aromatic N) is 1. The zero-order chi connectivity index (χ0) is 15.4. The van der Waals surface area contributed by atoms with Crippen molar-refractivity contribution in [1.82, 2.24) is 4.90 Å². The van der Waals surface area contributed by atoms with Gasteiger partial charge in [0.1, 0.15) is 0 Å². The molecule has 0 saturated carbocycles. The number of benzene rings is 1. The summed E-state index contributed by atoms with van der Waals surface area (Å²) in [4.78, 5) is 25.3. The molecule has 1 aliphatic rings. The number of halogens is 2. The lowest BCUT2D eigenvalue weighted by Crippen LogP contribution is -2.44. The summed E-state index contributed by atoms with van der Waals surface area (Å²) >= 11 is 6.80. The number of carbonyl (C=O) groups is 2. The van der Waals surface area contributed by atoms with E-state index in [-0.39, 0.29) is 18.4 Å². The van der Waals surface area contributed by atoms with Gasteiger partial charge in [0.05, 0.1) is 5.56 Å². The Kier molecular flexibility index (Phi) is 5.81.